The molecule has 0 aromatic heterocycles. The number of ether oxygens (including phenoxy) is 2. The Bertz CT molecular complexity index is 202. The molecule has 1 heterocycles. The second-order valence-corrected chi connectivity index (χ2v) is 3.74. The highest BCUT2D eigenvalue weighted by Crippen LogP contribution is 2.30. The molecule has 0 radical (unpaired) electrons. The second kappa shape index (κ2) is 4.75. The van der Waals surface area contributed by atoms with Crippen molar-refractivity contribution in [1.29, 1.82) is 0 Å². The van der Waals surface area contributed by atoms with Crippen LogP contribution in [0.1, 0.15) is 32.6 Å². The highest BCUT2D eigenvalue weighted by molar-refractivity contribution is 5.77. The predicted octanol–water partition coefficient (Wildman–Crippen LogP) is 1.44. The van der Waals surface area contributed by atoms with Gasteiger partial charge in [0.2, 0.25) is 0 Å². The number of aliphatic carboxylic acids is 1. The van der Waals surface area contributed by atoms with Crippen LogP contribution in [-0.2, 0) is 14.3 Å². The molecule has 0 amide bonds. The van der Waals surface area contributed by atoms with Crippen LogP contribution in [0.3, 0.4) is 0 Å². The molecule has 1 fully saturated rings. The maximum Gasteiger partial charge on any atom is 0.336 e. The van der Waals surface area contributed by atoms with Crippen LogP contribution in [0.5, 0.6) is 0 Å². The first-order chi connectivity index (χ1) is 6.64. The molecule has 4 heteroatoms. The number of carboxylic acid groups (broad SMARTS) is 1. The quantitative estimate of drug-likeness (QED) is 0.749. The third kappa shape index (κ3) is 2.25. The number of rotatable bonds is 4. The molecule has 0 aliphatic carbocycles. The molecule has 82 valence electrons. The Hall–Kier alpha value is -0.610. The summed E-state index contributed by atoms with van der Waals surface area (Å²) in [6.07, 6.45) is 2.85. The van der Waals surface area contributed by atoms with Crippen LogP contribution in [-0.4, -0.2) is 36.5 Å². The van der Waals surface area contributed by atoms with Crippen LogP contribution >= 0.6 is 0 Å². The average Bonchev–Trinajstić information content (AvgIpc) is 2.18. The molecule has 2 atom stereocenters. The zero-order chi connectivity index (χ0) is 10.6. The topological polar surface area (TPSA) is 55.8 Å². The zero-order valence-electron chi connectivity index (χ0n) is 8.78. The molecule has 1 aliphatic heterocycles. The third-order valence-corrected chi connectivity index (χ3v) is 2.81. The minimum Gasteiger partial charge on any atom is -0.479 e. The lowest BCUT2D eigenvalue weighted by molar-refractivity contribution is -0.180. The third-order valence-electron chi connectivity index (χ3n) is 2.81. The molecular formula is C10H18O4. The van der Waals surface area contributed by atoms with Gasteiger partial charge in [0.05, 0.1) is 12.7 Å². The number of hydrogen-bond acceptors (Lipinski definition) is 3. The van der Waals surface area contributed by atoms with Gasteiger partial charge in [-0.25, -0.2) is 4.79 Å². The van der Waals surface area contributed by atoms with Crippen molar-refractivity contribution < 1.29 is 19.4 Å². The van der Waals surface area contributed by atoms with Crippen molar-refractivity contribution in [3.63, 3.8) is 0 Å². The standard InChI is InChI=1S/C10H18O4/c1-3-4-8-7-10(13-2,9(11)12)5-6-14-8/h8H,3-7H2,1-2H3,(H,11,12). The largest absolute Gasteiger partial charge is 0.479 e. The van der Waals surface area contributed by atoms with E-state index in [1.165, 1.54) is 7.11 Å². The summed E-state index contributed by atoms with van der Waals surface area (Å²) in [5.41, 5.74) is -1.02. The van der Waals surface area contributed by atoms with Gasteiger partial charge in [-0.3, -0.25) is 0 Å². The molecule has 0 bridgehead atoms. The van der Waals surface area contributed by atoms with Crippen LogP contribution in [0, 0.1) is 0 Å². The van der Waals surface area contributed by atoms with Gasteiger partial charge in [0.25, 0.3) is 0 Å². The van der Waals surface area contributed by atoms with Crippen LogP contribution in [0.25, 0.3) is 0 Å². The summed E-state index contributed by atoms with van der Waals surface area (Å²) in [7, 11) is 1.46. The van der Waals surface area contributed by atoms with Gasteiger partial charge >= 0.3 is 5.97 Å². The predicted molar refractivity (Wildman–Crippen MR) is 51.3 cm³/mol. The average molecular weight is 202 g/mol. The van der Waals surface area contributed by atoms with Crippen molar-refractivity contribution in [2.75, 3.05) is 13.7 Å². The molecule has 0 aromatic carbocycles. The van der Waals surface area contributed by atoms with Gasteiger partial charge in [0, 0.05) is 20.0 Å². The summed E-state index contributed by atoms with van der Waals surface area (Å²) in [6, 6.07) is 0. The highest BCUT2D eigenvalue weighted by atomic mass is 16.5. The fourth-order valence-electron chi connectivity index (χ4n) is 1.89. The van der Waals surface area contributed by atoms with Crippen LogP contribution in [0.15, 0.2) is 0 Å². The number of carbonyl (C=O) groups is 1. The summed E-state index contributed by atoms with van der Waals surface area (Å²) in [5, 5.41) is 9.09. The smallest absolute Gasteiger partial charge is 0.336 e. The Balaban J connectivity index is 2.64. The fraction of sp³-hybridized carbons (Fsp3) is 0.900. The minimum absolute atomic E-state index is 0.0322. The van der Waals surface area contributed by atoms with E-state index in [-0.39, 0.29) is 6.10 Å². The summed E-state index contributed by atoms with van der Waals surface area (Å²) in [6.45, 7) is 2.54. The summed E-state index contributed by atoms with van der Waals surface area (Å²) < 4.78 is 10.6. The molecule has 1 saturated heterocycles. The van der Waals surface area contributed by atoms with Crippen molar-refractivity contribution >= 4 is 5.97 Å². The zero-order valence-corrected chi connectivity index (χ0v) is 8.78. The first-order valence-electron chi connectivity index (χ1n) is 5.05. The molecule has 14 heavy (non-hydrogen) atoms. The summed E-state index contributed by atoms with van der Waals surface area (Å²) >= 11 is 0. The van der Waals surface area contributed by atoms with Gasteiger partial charge in [0.15, 0.2) is 5.60 Å². The summed E-state index contributed by atoms with van der Waals surface area (Å²) in [4.78, 5) is 11.1. The first kappa shape index (κ1) is 11.5. The van der Waals surface area contributed by atoms with Crippen LogP contribution < -0.4 is 0 Å². The highest BCUT2D eigenvalue weighted by Gasteiger charge is 2.43. The molecule has 0 saturated carbocycles. The van der Waals surface area contributed by atoms with Gasteiger partial charge < -0.3 is 14.6 Å². The molecular weight excluding hydrogens is 184 g/mol. The lowest BCUT2D eigenvalue weighted by Crippen LogP contribution is -2.48. The maximum absolute atomic E-state index is 11.1. The SMILES string of the molecule is CCCC1CC(OC)(C(=O)O)CCO1. The first-order valence-corrected chi connectivity index (χ1v) is 5.05. The lowest BCUT2D eigenvalue weighted by atomic mass is 9.88. The van der Waals surface area contributed by atoms with E-state index in [9.17, 15) is 4.79 Å². The monoisotopic (exact) mass is 202 g/mol. The Kier molecular flexibility index (Phi) is 3.89. The normalized spacial score (nSPS) is 32.9. The minimum atomic E-state index is -1.02. The van der Waals surface area contributed by atoms with E-state index in [1.807, 2.05) is 0 Å². The van der Waals surface area contributed by atoms with Crippen LogP contribution in [0.4, 0.5) is 0 Å². The van der Waals surface area contributed by atoms with E-state index < -0.39 is 11.6 Å². The molecule has 1 rings (SSSR count). The van der Waals surface area contributed by atoms with Gasteiger partial charge in [-0.15, -0.1) is 0 Å². The number of hydrogen-bond donors (Lipinski definition) is 1. The number of carboxylic acids is 1. The van der Waals surface area contributed by atoms with Crippen molar-refractivity contribution in [3.8, 4) is 0 Å². The number of methoxy groups -OCH3 is 1. The van der Waals surface area contributed by atoms with E-state index >= 15 is 0 Å². The van der Waals surface area contributed by atoms with E-state index in [1.54, 1.807) is 0 Å². The Labute approximate surface area is 84.2 Å². The Morgan fingerprint density at radius 2 is 2.43 bits per heavy atom. The Morgan fingerprint density at radius 3 is 2.93 bits per heavy atom. The van der Waals surface area contributed by atoms with E-state index in [2.05, 4.69) is 6.92 Å². The van der Waals surface area contributed by atoms with Crippen molar-refractivity contribution in [2.45, 2.75) is 44.3 Å². The molecule has 1 N–H and O–H groups in total. The molecule has 0 aromatic rings. The van der Waals surface area contributed by atoms with E-state index in [0.717, 1.165) is 12.8 Å². The van der Waals surface area contributed by atoms with Gasteiger partial charge in [-0.1, -0.05) is 13.3 Å². The van der Waals surface area contributed by atoms with Gasteiger partial charge in [-0.05, 0) is 6.42 Å². The fourth-order valence-corrected chi connectivity index (χ4v) is 1.89. The maximum atomic E-state index is 11.1. The lowest BCUT2D eigenvalue weighted by Gasteiger charge is -2.36. The van der Waals surface area contributed by atoms with E-state index in [4.69, 9.17) is 14.6 Å². The molecule has 2 unspecified atom stereocenters. The van der Waals surface area contributed by atoms with Crippen molar-refractivity contribution in [3.05, 3.63) is 0 Å². The molecule has 4 nitrogen and oxygen atoms in total. The Morgan fingerprint density at radius 1 is 1.71 bits per heavy atom. The van der Waals surface area contributed by atoms with E-state index in [0.29, 0.717) is 19.4 Å². The molecule has 0 spiro atoms. The van der Waals surface area contributed by atoms with Gasteiger partial charge in [-0.2, -0.15) is 0 Å². The van der Waals surface area contributed by atoms with Crippen molar-refractivity contribution in [2.24, 2.45) is 0 Å². The van der Waals surface area contributed by atoms with Gasteiger partial charge in [0.1, 0.15) is 0 Å². The second-order valence-electron chi connectivity index (χ2n) is 3.74. The summed E-state index contributed by atoms with van der Waals surface area (Å²) in [5.74, 6) is -0.871. The van der Waals surface area contributed by atoms with Crippen LogP contribution in [0.2, 0.25) is 0 Å². The molecule has 1 aliphatic rings. The van der Waals surface area contributed by atoms with Crippen molar-refractivity contribution in [1.82, 2.24) is 0 Å².